The minimum absolute atomic E-state index is 0.0484. The van der Waals surface area contributed by atoms with Crippen molar-refractivity contribution in [2.75, 3.05) is 26.2 Å². The topological polar surface area (TPSA) is 83.3 Å². The lowest BCUT2D eigenvalue weighted by Gasteiger charge is -2.06. The predicted molar refractivity (Wildman–Crippen MR) is 70.1 cm³/mol. The Morgan fingerprint density at radius 2 is 2.05 bits per heavy atom. The number of thioether (sulfide) groups is 1. The van der Waals surface area contributed by atoms with Gasteiger partial charge in [0.25, 0.3) is 0 Å². The molecule has 106 valence electrons. The molecule has 0 saturated carbocycles. The van der Waals surface area contributed by atoms with Crippen LogP contribution in [0.3, 0.4) is 0 Å². The summed E-state index contributed by atoms with van der Waals surface area (Å²) in [5, 5.41) is 7.67. The monoisotopic (exact) mass is 287 g/mol. The van der Waals surface area contributed by atoms with E-state index in [1.807, 2.05) is 6.26 Å². The molecule has 0 aliphatic rings. The Morgan fingerprint density at radius 1 is 1.32 bits per heavy atom. The first-order valence-electron chi connectivity index (χ1n) is 5.70. The number of hydrogen-bond donors (Lipinski definition) is 0. The first kappa shape index (κ1) is 15.5. The highest BCUT2D eigenvalue weighted by atomic mass is 32.2. The number of esters is 2. The molecule has 19 heavy (non-hydrogen) atoms. The Balaban J connectivity index is 2.92. The zero-order valence-corrected chi connectivity index (χ0v) is 12.0. The fraction of sp³-hybridized carbons (Fsp3) is 0.636. The van der Waals surface area contributed by atoms with Crippen LogP contribution in [0.15, 0.2) is 0 Å². The third-order valence-electron chi connectivity index (χ3n) is 2.47. The van der Waals surface area contributed by atoms with Gasteiger partial charge in [0.1, 0.15) is 0 Å². The van der Waals surface area contributed by atoms with Crippen molar-refractivity contribution in [3.8, 4) is 0 Å². The highest BCUT2D eigenvalue weighted by Crippen LogP contribution is 2.10. The normalized spacial score (nSPS) is 10.3. The van der Waals surface area contributed by atoms with E-state index in [1.54, 1.807) is 16.4 Å². The van der Waals surface area contributed by atoms with E-state index >= 15 is 0 Å². The second-order valence-corrected chi connectivity index (χ2v) is 4.68. The van der Waals surface area contributed by atoms with Crippen molar-refractivity contribution in [2.24, 2.45) is 0 Å². The van der Waals surface area contributed by atoms with Crippen LogP contribution < -0.4 is 0 Å². The van der Waals surface area contributed by atoms with Gasteiger partial charge in [-0.15, -0.1) is 5.10 Å². The number of ether oxygens (including phenoxy) is 2. The Kier molecular flexibility index (Phi) is 6.34. The van der Waals surface area contributed by atoms with Gasteiger partial charge in [-0.05, 0) is 18.4 Å². The molecule has 0 bridgehead atoms. The number of aromatic nitrogens is 3. The molecule has 7 nitrogen and oxygen atoms in total. The molecule has 0 saturated heterocycles. The Hall–Kier alpha value is -1.57. The summed E-state index contributed by atoms with van der Waals surface area (Å²) in [5.74, 6) is -0.0842. The van der Waals surface area contributed by atoms with Crippen molar-refractivity contribution in [3.05, 3.63) is 11.4 Å². The minimum atomic E-state index is -0.602. The lowest BCUT2D eigenvalue weighted by Crippen LogP contribution is -2.15. The van der Waals surface area contributed by atoms with E-state index in [9.17, 15) is 9.59 Å². The number of carbonyl (C=O) groups excluding carboxylic acids is 2. The molecular weight excluding hydrogens is 270 g/mol. The molecule has 0 unspecified atom stereocenters. The van der Waals surface area contributed by atoms with Gasteiger partial charge in [-0.1, -0.05) is 5.21 Å². The highest BCUT2D eigenvalue weighted by molar-refractivity contribution is 7.98. The molecule has 8 heteroatoms. The van der Waals surface area contributed by atoms with Crippen LogP contribution in [0.25, 0.3) is 0 Å². The number of carbonyl (C=O) groups is 2. The van der Waals surface area contributed by atoms with Crippen LogP contribution in [0.5, 0.6) is 0 Å². The van der Waals surface area contributed by atoms with Crippen molar-refractivity contribution in [2.45, 2.75) is 19.4 Å². The van der Waals surface area contributed by atoms with Gasteiger partial charge in [0.2, 0.25) is 0 Å². The van der Waals surface area contributed by atoms with Crippen LogP contribution in [0.2, 0.25) is 0 Å². The maximum absolute atomic E-state index is 11.6. The summed E-state index contributed by atoms with van der Waals surface area (Å²) < 4.78 is 10.8. The van der Waals surface area contributed by atoms with Crippen molar-refractivity contribution in [1.82, 2.24) is 15.0 Å². The van der Waals surface area contributed by atoms with E-state index in [1.165, 1.54) is 14.2 Å². The lowest BCUT2D eigenvalue weighted by molar-refractivity contribution is -0.139. The number of methoxy groups -OCH3 is 2. The van der Waals surface area contributed by atoms with Gasteiger partial charge >= 0.3 is 11.9 Å². The van der Waals surface area contributed by atoms with Gasteiger partial charge in [0.15, 0.2) is 5.69 Å². The van der Waals surface area contributed by atoms with E-state index in [0.717, 1.165) is 12.2 Å². The smallest absolute Gasteiger partial charge is 0.360 e. The maximum Gasteiger partial charge on any atom is 0.360 e. The van der Waals surface area contributed by atoms with Crippen LogP contribution in [-0.4, -0.2) is 53.2 Å². The van der Waals surface area contributed by atoms with Crippen LogP contribution in [-0.2, 0) is 27.2 Å². The number of rotatable bonds is 7. The maximum atomic E-state index is 11.6. The summed E-state index contributed by atoms with van der Waals surface area (Å²) in [6, 6.07) is 0. The third kappa shape index (κ3) is 4.23. The van der Waals surface area contributed by atoms with Gasteiger partial charge < -0.3 is 9.47 Å². The summed E-state index contributed by atoms with van der Waals surface area (Å²) in [4.78, 5) is 22.9. The fourth-order valence-corrected chi connectivity index (χ4v) is 1.93. The van der Waals surface area contributed by atoms with E-state index in [0.29, 0.717) is 12.2 Å². The molecule has 0 spiro atoms. The largest absolute Gasteiger partial charge is 0.469 e. The van der Waals surface area contributed by atoms with E-state index < -0.39 is 11.9 Å². The molecule has 1 rings (SSSR count). The van der Waals surface area contributed by atoms with E-state index in [4.69, 9.17) is 0 Å². The molecule has 0 aliphatic heterocycles. The van der Waals surface area contributed by atoms with Crippen molar-refractivity contribution in [1.29, 1.82) is 0 Å². The molecule has 1 heterocycles. The summed E-state index contributed by atoms with van der Waals surface area (Å²) in [5.41, 5.74) is 0.497. The molecule has 0 aromatic carbocycles. The van der Waals surface area contributed by atoms with E-state index in [-0.39, 0.29) is 12.1 Å². The predicted octanol–water partition coefficient (Wildman–Crippen LogP) is 0.533. The zero-order valence-electron chi connectivity index (χ0n) is 11.2. The quantitative estimate of drug-likeness (QED) is 0.534. The molecular formula is C11H17N3O4S. The van der Waals surface area contributed by atoms with Crippen LogP contribution in [0.4, 0.5) is 0 Å². The second kappa shape index (κ2) is 7.78. The summed E-state index contributed by atoms with van der Waals surface area (Å²) in [6.45, 7) is 0.594. The molecule has 0 atom stereocenters. The molecule has 0 N–H and O–H groups in total. The lowest BCUT2D eigenvalue weighted by atomic mass is 10.2. The van der Waals surface area contributed by atoms with Crippen LogP contribution >= 0.6 is 11.8 Å². The van der Waals surface area contributed by atoms with Gasteiger partial charge in [-0.2, -0.15) is 11.8 Å². The Labute approximate surface area is 115 Å². The first-order chi connectivity index (χ1) is 9.13. The highest BCUT2D eigenvalue weighted by Gasteiger charge is 2.22. The fourth-order valence-electron chi connectivity index (χ4n) is 1.51. The molecule has 0 aliphatic carbocycles. The Bertz CT molecular complexity index is 447. The second-order valence-electron chi connectivity index (χ2n) is 3.70. The minimum Gasteiger partial charge on any atom is -0.469 e. The molecule has 1 aromatic rings. The average Bonchev–Trinajstić information content (AvgIpc) is 2.81. The number of aryl methyl sites for hydroxylation is 1. The van der Waals surface area contributed by atoms with Crippen LogP contribution in [0.1, 0.15) is 22.6 Å². The van der Waals surface area contributed by atoms with Gasteiger partial charge in [-0.25, -0.2) is 9.48 Å². The van der Waals surface area contributed by atoms with Gasteiger partial charge in [-0.3, -0.25) is 4.79 Å². The van der Waals surface area contributed by atoms with Crippen molar-refractivity contribution in [3.63, 3.8) is 0 Å². The van der Waals surface area contributed by atoms with Gasteiger partial charge in [0, 0.05) is 6.54 Å². The van der Waals surface area contributed by atoms with Crippen molar-refractivity contribution < 1.29 is 19.1 Å². The molecule has 0 amide bonds. The SMILES string of the molecule is COC(=O)Cc1c(C(=O)OC)nnn1CCCSC. The standard InChI is InChI=1S/C11H17N3O4S/c1-17-9(15)7-8-10(11(16)18-2)12-13-14(8)5-4-6-19-3/h4-7H2,1-3H3. The van der Waals surface area contributed by atoms with Crippen LogP contribution in [0, 0.1) is 0 Å². The molecule has 1 aromatic heterocycles. The summed E-state index contributed by atoms with van der Waals surface area (Å²) >= 11 is 1.72. The Morgan fingerprint density at radius 3 is 2.63 bits per heavy atom. The average molecular weight is 287 g/mol. The molecule has 0 radical (unpaired) electrons. The number of nitrogens with zero attached hydrogens (tertiary/aromatic N) is 3. The third-order valence-corrected chi connectivity index (χ3v) is 3.17. The van der Waals surface area contributed by atoms with Crippen molar-refractivity contribution >= 4 is 23.7 Å². The molecule has 0 fully saturated rings. The summed E-state index contributed by atoms with van der Waals surface area (Å²) in [6.07, 6.45) is 2.84. The summed E-state index contributed by atoms with van der Waals surface area (Å²) in [7, 11) is 2.55. The van der Waals surface area contributed by atoms with E-state index in [2.05, 4.69) is 19.8 Å². The number of hydrogen-bond acceptors (Lipinski definition) is 7. The zero-order chi connectivity index (χ0) is 14.3. The first-order valence-corrected chi connectivity index (χ1v) is 7.09. The van der Waals surface area contributed by atoms with Gasteiger partial charge in [0.05, 0.1) is 26.3 Å².